The van der Waals surface area contributed by atoms with Crippen LogP contribution in [-0.4, -0.2) is 20.2 Å². The van der Waals surface area contributed by atoms with Crippen LogP contribution in [0.15, 0.2) is 47.4 Å². The van der Waals surface area contributed by atoms with Gasteiger partial charge in [0, 0.05) is 16.3 Å². The van der Waals surface area contributed by atoms with Crippen molar-refractivity contribution >= 4 is 23.4 Å². The van der Waals surface area contributed by atoms with Gasteiger partial charge in [-0.1, -0.05) is 12.1 Å². The van der Waals surface area contributed by atoms with Crippen molar-refractivity contribution in [3.05, 3.63) is 53.6 Å². The minimum Gasteiger partial charge on any atom is -0.497 e. The van der Waals surface area contributed by atoms with Gasteiger partial charge in [-0.05, 0) is 35.9 Å². The highest BCUT2D eigenvalue weighted by molar-refractivity contribution is 7.98. The molecule has 0 spiro atoms. The van der Waals surface area contributed by atoms with Crippen LogP contribution < -0.4 is 10.5 Å². The Bertz CT molecular complexity index is 643. The summed E-state index contributed by atoms with van der Waals surface area (Å²) in [6, 6.07) is 12.9. The molecule has 0 radical (unpaired) electrons. The topological polar surface area (TPSA) is 61.5 Å². The quantitative estimate of drug-likeness (QED) is 0.521. The van der Waals surface area contributed by atoms with Gasteiger partial charge < -0.3 is 15.2 Å². The summed E-state index contributed by atoms with van der Waals surface area (Å²) in [6.45, 7) is 0. The first-order valence-electron chi connectivity index (χ1n) is 6.37. The van der Waals surface area contributed by atoms with E-state index in [1.807, 2.05) is 36.4 Å². The standard InChI is InChI=1S/C16H17NO3S/c1-19-13-6-7-14(17)15(9-13)21-10-11-4-3-5-12(8-11)16(18)20-2/h3-9H,10,17H2,1-2H3. The zero-order chi connectivity index (χ0) is 15.2. The molecule has 0 fully saturated rings. The number of rotatable bonds is 5. The van der Waals surface area contributed by atoms with E-state index in [2.05, 4.69) is 0 Å². The summed E-state index contributed by atoms with van der Waals surface area (Å²) in [6.07, 6.45) is 0. The largest absolute Gasteiger partial charge is 0.497 e. The molecule has 0 aliphatic heterocycles. The van der Waals surface area contributed by atoms with Crippen LogP contribution in [0.3, 0.4) is 0 Å². The fourth-order valence-electron chi connectivity index (χ4n) is 1.83. The van der Waals surface area contributed by atoms with Gasteiger partial charge in [0.15, 0.2) is 0 Å². The van der Waals surface area contributed by atoms with E-state index in [4.69, 9.17) is 15.2 Å². The van der Waals surface area contributed by atoms with Crippen LogP contribution in [0.1, 0.15) is 15.9 Å². The number of hydrogen-bond acceptors (Lipinski definition) is 5. The van der Waals surface area contributed by atoms with Crippen LogP contribution in [0.5, 0.6) is 5.75 Å². The van der Waals surface area contributed by atoms with Gasteiger partial charge in [-0.15, -0.1) is 11.8 Å². The van der Waals surface area contributed by atoms with Crippen molar-refractivity contribution in [2.75, 3.05) is 20.0 Å². The highest BCUT2D eigenvalue weighted by Crippen LogP contribution is 2.31. The van der Waals surface area contributed by atoms with Gasteiger partial charge in [-0.25, -0.2) is 4.79 Å². The summed E-state index contributed by atoms with van der Waals surface area (Å²) in [4.78, 5) is 12.5. The lowest BCUT2D eigenvalue weighted by Crippen LogP contribution is -2.01. The van der Waals surface area contributed by atoms with E-state index in [0.717, 1.165) is 16.2 Å². The number of esters is 1. The molecule has 0 aliphatic rings. The number of hydrogen-bond donors (Lipinski definition) is 1. The fraction of sp³-hybridized carbons (Fsp3) is 0.188. The Morgan fingerprint density at radius 1 is 1.19 bits per heavy atom. The van der Waals surface area contributed by atoms with Crippen molar-refractivity contribution in [1.29, 1.82) is 0 Å². The maximum Gasteiger partial charge on any atom is 0.337 e. The third-order valence-electron chi connectivity index (χ3n) is 2.96. The Hall–Kier alpha value is -2.14. The molecule has 2 rings (SSSR count). The predicted octanol–water partition coefficient (Wildman–Crippen LogP) is 3.36. The molecule has 0 aromatic heterocycles. The van der Waals surface area contributed by atoms with Gasteiger partial charge in [0.2, 0.25) is 0 Å². The fourth-order valence-corrected chi connectivity index (χ4v) is 2.77. The number of nitrogens with two attached hydrogens (primary N) is 1. The smallest absolute Gasteiger partial charge is 0.337 e. The number of carbonyl (C=O) groups is 1. The molecule has 0 aliphatic carbocycles. The van der Waals surface area contributed by atoms with Gasteiger partial charge in [0.1, 0.15) is 5.75 Å². The lowest BCUT2D eigenvalue weighted by atomic mass is 10.1. The van der Waals surface area contributed by atoms with E-state index >= 15 is 0 Å². The highest BCUT2D eigenvalue weighted by atomic mass is 32.2. The molecule has 0 bridgehead atoms. The molecule has 2 aromatic rings. The zero-order valence-corrected chi connectivity index (χ0v) is 12.8. The van der Waals surface area contributed by atoms with Gasteiger partial charge in [0.25, 0.3) is 0 Å². The zero-order valence-electron chi connectivity index (χ0n) is 12.0. The number of carbonyl (C=O) groups excluding carboxylic acids is 1. The second-order valence-corrected chi connectivity index (χ2v) is 5.40. The molecule has 0 unspecified atom stereocenters. The lowest BCUT2D eigenvalue weighted by Gasteiger charge is -2.08. The number of nitrogen functional groups attached to an aromatic ring is 1. The van der Waals surface area contributed by atoms with Crippen molar-refractivity contribution in [2.24, 2.45) is 0 Å². The van der Waals surface area contributed by atoms with Gasteiger partial charge >= 0.3 is 5.97 Å². The lowest BCUT2D eigenvalue weighted by molar-refractivity contribution is 0.0600. The molecule has 2 N–H and O–H groups in total. The Kier molecular flexibility index (Phi) is 5.11. The monoisotopic (exact) mass is 303 g/mol. The molecule has 0 heterocycles. The van der Waals surface area contributed by atoms with E-state index in [9.17, 15) is 4.79 Å². The van der Waals surface area contributed by atoms with Gasteiger partial charge in [0.05, 0.1) is 19.8 Å². The van der Waals surface area contributed by atoms with E-state index in [1.165, 1.54) is 7.11 Å². The second kappa shape index (κ2) is 7.04. The van der Waals surface area contributed by atoms with Crippen LogP contribution >= 0.6 is 11.8 Å². The number of benzene rings is 2. The minimum absolute atomic E-state index is 0.331. The van der Waals surface area contributed by atoms with Gasteiger partial charge in [-0.2, -0.15) is 0 Å². The third-order valence-corrected chi connectivity index (χ3v) is 4.11. The van der Waals surface area contributed by atoms with Crippen molar-refractivity contribution in [2.45, 2.75) is 10.6 Å². The molecule has 4 nitrogen and oxygen atoms in total. The van der Waals surface area contributed by atoms with Crippen LogP contribution in [0.2, 0.25) is 0 Å². The molecular weight excluding hydrogens is 286 g/mol. The van der Waals surface area contributed by atoms with E-state index in [0.29, 0.717) is 17.0 Å². The summed E-state index contributed by atoms with van der Waals surface area (Å²) in [5.41, 5.74) is 8.25. The molecule has 2 aromatic carbocycles. The molecular formula is C16H17NO3S. The van der Waals surface area contributed by atoms with Crippen LogP contribution in [0.25, 0.3) is 0 Å². The van der Waals surface area contributed by atoms with E-state index in [1.54, 1.807) is 24.9 Å². The first-order valence-corrected chi connectivity index (χ1v) is 7.36. The number of ether oxygens (including phenoxy) is 2. The number of thioether (sulfide) groups is 1. The average Bonchev–Trinajstić information content (AvgIpc) is 2.53. The Labute approximate surface area is 128 Å². The second-order valence-electron chi connectivity index (χ2n) is 4.38. The Morgan fingerprint density at radius 3 is 2.71 bits per heavy atom. The van der Waals surface area contributed by atoms with Crippen molar-refractivity contribution in [1.82, 2.24) is 0 Å². The third kappa shape index (κ3) is 3.92. The number of methoxy groups -OCH3 is 2. The SMILES string of the molecule is COC(=O)c1cccc(CSc2cc(OC)ccc2N)c1. The maximum atomic E-state index is 11.5. The Morgan fingerprint density at radius 2 is 2.00 bits per heavy atom. The summed E-state index contributed by atoms with van der Waals surface area (Å²) in [7, 11) is 3.00. The molecule has 21 heavy (non-hydrogen) atoms. The molecule has 5 heteroatoms. The minimum atomic E-state index is -0.331. The average molecular weight is 303 g/mol. The first kappa shape index (κ1) is 15.3. The summed E-state index contributed by atoms with van der Waals surface area (Å²) in [5.74, 6) is 1.15. The van der Waals surface area contributed by atoms with E-state index in [-0.39, 0.29) is 5.97 Å². The summed E-state index contributed by atoms with van der Waals surface area (Å²) in [5, 5.41) is 0. The van der Waals surface area contributed by atoms with Gasteiger partial charge in [-0.3, -0.25) is 0 Å². The molecule has 0 saturated carbocycles. The van der Waals surface area contributed by atoms with Crippen LogP contribution in [0, 0.1) is 0 Å². The van der Waals surface area contributed by atoms with Crippen molar-refractivity contribution in [3.8, 4) is 5.75 Å². The predicted molar refractivity (Wildman–Crippen MR) is 84.7 cm³/mol. The summed E-state index contributed by atoms with van der Waals surface area (Å²) < 4.78 is 9.92. The molecule has 0 saturated heterocycles. The number of anilines is 1. The first-order chi connectivity index (χ1) is 10.1. The van der Waals surface area contributed by atoms with Crippen molar-refractivity contribution < 1.29 is 14.3 Å². The highest BCUT2D eigenvalue weighted by Gasteiger charge is 2.07. The summed E-state index contributed by atoms with van der Waals surface area (Å²) >= 11 is 1.60. The molecule has 110 valence electrons. The maximum absolute atomic E-state index is 11.5. The molecule has 0 atom stereocenters. The van der Waals surface area contributed by atoms with Crippen molar-refractivity contribution in [3.63, 3.8) is 0 Å². The normalized spacial score (nSPS) is 10.2. The molecule has 0 amide bonds. The van der Waals surface area contributed by atoms with Crippen LogP contribution in [0.4, 0.5) is 5.69 Å². The Balaban J connectivity index is 2.11. The van der Waals surface area contributed by atoms with E-state index < -0.39 is 0 Å². The van der Waals surface area contributed by atoms with Crippen LogP contribution in [-0.2, 0) is 10.5 Å².